The molecule has 0 amide bonds. The molecule has 0 aliphatic carbocycles. The van der Waals surface area contributed by atoms with Crippen molar-refractivity contribution >= 4 is 11.5 Å². The highest BCUT2D eigenvalue weighted by molar-refractivity contribution is 6.07. The van der Waals surface area contributed by atoms with Gasteiger partial charge in [-0.1, -0.05) is 12.7 Å². The second-order valence-corrected chi connectivity index (χ2v) is 4.75. The maximum atomic E-state index is 12.2. The fraction of sp³-hybridized carbons (Fsp3) is 0.105. The number of methoxy groups -OCH3 is 1. The number of ketones is 1. The lowest BCUT2D eigenvalue weighted by Crippen LogP contribution is -1.98. The third-order valence-corrected chi connectivity index (χ3v) is 3.16. The molecule has 4 heteroatoms. The lowest BCUT2D eigenvalue weighted by molar-refractivity contribution is 0.104. The molecule has 2 rings (SSSR count). The normalized spacial score (nSPS) is 10.9. The van der Waals surface area contributed by atoms with Gasteiger partial charge in [0.05, 0.1) is 7.11 Å². The van der Waals surface area contributed by atoms with Gasteiger partial charge >= 0.3 is 0 Å². The molecule has 0 fully saturated rings. The van der Waals surface area contributed by atoms with Crippen LogP contribution in [-0.2, 0) is 0 Å². The van der Waals surface area contributed by atoms with Crippen LogP contribution in [0.2, 0.25) is 0 Å². The van der Waals surface area contributed by atoms with Crippen LogP contribution in [0.3, 0.4) is 0 Å². The molecule has 2 aromatic rings. The summed E-state index contributed by atoms with van der Waals surface area (Å²) in [7, 11) is 1.57. The van der Waals surface area contributed by atoms with Crippen LogP contribution in [-0.4, -0.2) is 24.6 Å². The monoisotopic (exact) mass is 310 g/mol. The van der Waals surface area contributed by atoms with Crippen molar-refractivity contribution in [3.8, 4) is 11.5 Å². The number of hydrogen-bond acceptors (Lipinski definition) is 4. The third kappa shape index (κ3) is 4.48. The minimum Gasteiger partial charge on any atom is -0.507 e. The first-order chi connectivity index (χ1) is 11.1. The largest absolute Gasteiger partial charge is 0.507 e. The van der Waals surface area contributed by atoms with Crippen LogP contribution < -0.4 is 9.47 Å². The van der Waals surface area contributed by atoms with Gasteiger partial charge in [-0.3, -0.25) is 4.79 Å². The zero-order valence-electron chi connectivity index (χ0n) is 12.9. The van der Waals surface area contributed by atoms with Gasteiger partial charge in [0.15, 0.2) is 5.78 Å². The number of allylic oxidation sites excluding steroid dienone is 1. The first-order valence-corrected chi connectivity index (χ1v) is 7.07. The smallest absolute Gasteiger partial charge is 0.189 e. The number of rotatable bonds is 7. The predicted molar refractivity (Wildman–Crippen MR) is 90.1 cm³/mol. The van der Waals surface area contributed by atoms with Gasteiger partial charge in [-0.05, 0) is 48.5 Å². The summed E-state index contributed by atoms with van der Waals surface area (Å²) in [5.41, 5.74) is 1.01. The Kier molecular flexibility index (Phi) is 5.58. The minimum atomic E-state index is -0.284. The number of carbonyl (C=O) groups is 1. The van der Waals surface area contributed by atoms with Gasteiger partial charge in [-0.25, -0.2) is 0 Å². The Morgan fingerprint density at radius 1 is 1.04 bits per heavy atom. The van der Waals surface area contributed by atoms with Gasteiger partial charge in [0.25, 0.3) is 0 Å². The molecule has 0 aromatic heterocycles. The molecule has 0 aliphatic rings. The fourth-order valence-electron chi connectivity index (χ4n) is 1.92. The van der Waals surface area contributed by atoms with Gasteiger partial charge < -0.3 is 14.6 Å². The van der Waals surface area contributed by atoms with Crippen molar-refractivity contribution in [3.63, 3.8) is 0 Å². The number of aliphatic hydroxyl groups is 1. The van der Waals surface area contributed by atoms with E-state index in [4.69, 9.17) is 9.47 Å². The summed E-state index contributed by atoms with van der Waals surface area (Å²) >= 11 is 0. The van der Waals surface area contributed by atoms with Crippen molar-refractivity contribution in [2.24, 2.45) is 0 Å². The van der Waals surface area contributed by atoms with Gasteiger partial charge in [-0.15, -0.1) is 0 Å². The zero-order chi connectivity index (χ0) is 16.7. The zero-order valence-corrected chi connectivity index (χ0v) is 12.9. The van der Waals surface area contributed by atoms with E-state index in [2.05, 4.69) is 6.58 Å². The maximum absolute atomic E-state index is 12.2. The van der Waals surface area contributed by atoms with Gasteiger partial charge in [0.2, 0.25) is 0 Å². The molecule has 0 saturated heterocycles. The first kappa shape index (κ1) is 16.4. The molecule has 2 aromatic carbocycles. The average Bonchev–Trinajstić information content (AvgIpc) is 2.60. The van der Waals surface area contributed by atoms with Crippen molar-refractivity contribution in [2.45, 2.75) is 0 Å². The number of carbonyl (C=O) groups excluding carboxylic acids is 1. The quantitative estimate of drug-likeness (QED) is 0.363. The molecular weight excluding hydrogens is 292 g/mol. The standard InChI is InChI=1S/C19H18O4/c1-3-12-23-17-10-6-15(7-11-17)19(21)13-18(20)14-4-8-16(22-2)9-5-14/h3-11,13,20H,1,12H2,2H3/b18-13-. The van der Waals surface area contributed by atoms with Crippen molar-refractivity contribution in [1.29, 1.82) is 0 Å². The summed E-state index contributed by atoms with van der Waals surface area (Å²) < 4.78 is 10.4. The second-order valence-electron chi connectivity index (χ2n) is 4.75. The van der Waals surface area contributed by atoms with Crippen molar-refractivity contribution in [1.82, 2.24) is 0 Å². The minimum absolute atomic E-state index is 0.0929. The molecule has 118 valence electrons. The van der Waals surface area contributed by atoms with E-state index in [1.54, 1.807) is 61.7 Å². The maximum Gasteiger partial charge on any atom is 0.189 e. The SMILES string of the molecule is C=CCOc1ccc(C(=O)/C=C(\O)c2ccc(OC)cc2)cc1. The molecule has 0 saturated carbocycles. The van der Waals surface area contributed by atoms with E-state index in [0.717, 1.165) is 0 Å². The molecule has 0 bridgehead atoms. The average molecular weight is 310 g/mol. The third-order valence-electron chi connectivity index (χ3n) is 3.16. The van der Waals surface area contributed by atoms with E-state index in [0.29, 0.717) is 29.2 Å². The van der Waals surface area contributed by atoms with Gasteiger partial charge in [0.1, 0.15) is 23.9 Å². The van der Waals surface area contributed by atoms with E-state index in [1.807, 2.05) is 0 Å². The van der Waals surface area contributed by atoms with E-state index >= 15 is 0 Å². The van der Waals surface area contributed by atoms with Gasteiger partial charge in [-0.2, -0.15) is 0 Å². The van der Waals surface area contributed by atoms with Crippen LogP contribution in [0.4, 0.5) is 0 Å². The van der Waals surface area contributed by atoms with E-state index in [1.165, 1.54) is 6.08 Å². The molecule has 0 heterocycles. The van der Waals surface area contributed by atoms with Crippen molar-refractivity contribution in [3.05, 3.63) is 78.4 Å². The van der Waals surface area contributed by atoms with E-state index in [-0.39, 0.29) is 11.5 Å². The summed E-state index contributed by atoms with van der Waals surface area (Å²) in [4.78, 5) is 12.2. The van der Waals surface area contributed by atoms with Crippen LogP contribution in [0.1, 0.15) is 15.9 Å². The number of benzene rings is 2. The summed E-state index contributed by atoms with van der Waals surface area (Å²) in [6.07, 6.45) is 2.84. The molecule has 4 nitrogen and oxygen atoms in total. The van der Waals surface area contributed by atoms with Crippen molar-refractivity contribution < 1.29 is 19.4 Å². The summed E-state index contributed by atoms with van der Waals surface area (Å²) in [6.45, 7) is 3.98. The summed E-state index contributed by atoms with van der Waals surface area (Å²) in [5.74, 6) is 0.964. The summed E-state index contributed by atoms with van der Waals surface area (Å²) in [5, 5.41) is 10.1. The highest BCUT2D eigenvalue weighted by atomic mass is 16.5. The first-order valence-electron chi connectivity index (χ1n) is 7.07. The highest BCUT2D eigenvalue weighted by Crippen LogP contribution is 2.18. The van der Waals surface area contributed by atoms with Crippen LogP contribution in [0.15, 0.2) is 67.3 Å². The Morgan fingerprint density at radius 2 is 1.61 bits per heavy atom. The predicted octanol–water partition coefficient (Wildman–Crippen LogP) is 4.04. The number of aliphatic hydroxyl groups excluding tert-OH is 1. The topological polar surface area (TPSA) is 55.8 Å². The Labute approximate surface area is 135 Å². The number of hydrogen-bond donors (Lipinski definition) is 1. The van der Waals surface area contributed by atoms with E-state index in [9.17, 15) is 9.90 Å². The second kappa shape index (κ2) is 7.84. The van der Waals surface area contributed by atoms with Crippen LogP contribution in [0.25, 0.3) is 5.76 Å². The molecular formula is C19H18O4. The van der Waals surface area contributed by atoms with Crippen molar-refractivity contribution in [2.75, 3.05) is 13.7 Å². The van der Waals surface area contributed by atoms with Crippen LogP contribution in [0.5, 0.6) is 11.5 Å². The number of ether oxygens (including phenoxy) is 2. The van der Waals surface area contributed by atoms with Crippen LogP contribution >= 0.6 is 0 Å². The van der Waals surface area contributed by atoms with E-state index < -0.39 is 0 Å². The summed E-state index contributed by atoms with van der Waals surface area (Å²) in [6, 6.07) is 13.5. The molecule has 0 aliphatic heterocycles. The Balaban J connectivity index is 2.10. The lowest BCUT2D eigenvalue weighted by atomic mass is 10.1. The highest BCUT2D eigenvalue weighted by Gasteiger charge is 2.07. The molecule has 0 unspecified atom stereocenters. The molecule has 0 spiro atoms. The molecule has 0 atom stereocenters. The van der Waals surface area contributed by atoms with Crippen LogP contribution in [0, 0.1) is 0 Å². The molecule has 0 radical (unpaired) electrons. The molecule has 23 heavy (non-hydrogen) atoms. The van der Waals surface area contributed by atoms with Gasteiger partial charge in [0, 0.05) is 17.2 Å². The Hall–Kier alpha value is -3.01. The fourth-order valence-corrected chi connectivity index (χ4v) is 1.92. The Morgan fingerprint density at radius 3 is 2.17 bits per heavy atom. The Bertz CT molecular complexity index is 697. The lowest BCUT2D eigenvalue weighted by Gasteiger charge is -2.04. The molecule has 1 N–H and O–H groups in total.